The first-order chi connectivity index (χ1) is 10.2. The summed E-state index contributed by atoms with van der Waals surface area (Å²) in [6.45, 7) is 5.98. The van der Waals surface area contributed by atoms with Gasteiger partial charge in [-0.1, -0.05) is 0 Å². The topological polar surface area (TPSA) is 57.0 Å². The van der Waals surface area contributed by atoms with E-state index >= 15 is 0 Å². The van der Waals surface area contributed by atoms with Gasteiger partial charge in [-0.15, -0.1) is 0 Å². The summed E-state index contributed by atoms with van der Waals surface area (Å²) in [6, 6.07) is 4.37. The van der Waals surface area contributed by atoms with Gasteiger partial charge in [0, 0.05) is 37.2 Å². The van der Waals surface area contributed by atoms with Crippen molar-refractivity contribution in [1.29, 1.82) is 0 Å². The van der Waals surface area contributed by atoms with E-state index in [4.69, 9.17) is 19.9 Å². The van der Waals surface area contributed by atoms with Crippen LogP contribution in [0.1, 0.15) is 24.1 Å². The van der Waals surface area contributed by atoms with Gasteiger partial charge in [0.15, 0.2) is 0 Å². The molecule has 2 aliphatic rings. The first-order valence-electron chi connectivity index (χ1n) is 7.62. The number of hydrogen-bond donors (Lipinski definition) is 1. The lowest BCUT2D eigenvalue weighted by Crippen LogP contribution is -2.41. The Kier molecular flexibility index (Phi) is 4.33. The molecule has 1 saturated heterocycles. The second-order valence-electron chi connectivity index (χ2n) is 5.73. The number of nitrogens with two attached hydrogens (primary N) is 1. The zero-order valence-corrected chi connectivity index (χ0v) is 12.8. The third-order valence-electron chi connectivity index (χ3n) is 4.32. The fourth-order valence-electron chi connectivity index (χ4n) is 3.25. The van der Waals surface area contributed by atoms with Gasteiger partial charge in [-0.2, -0.15) is 0 Å². The summed E-state index contributed by atoms with van der Waals surface area (Å²) in [5.41, 5.74) is 8.40. The van der Waals surface area contributed by atoms with Crippen LogP contribution in [0.3, 0.4) is 0 Å². The number of benzene rings is 1. The van der Waals surface area contributed by atoms with E-state index in [-0.39, 0.29) is 12.1 Å². The molecule has 3 rings (SSSR count). The summed E-state index contributed by atoms with van der Waals surface area (Å²) >= 11 is 0. The molecule has 0 amide bonds. The standard InChI is InChI=1S/C16H24N2O3/c1-11-7-12-8-16(19-2)13(9-15(12)21-11)14(10-17)18-3-5-20-6-4-18/h8-9,11,14H,3-7,10,17H2,1-2H3. The monoisotopic (exact) mass is 292 g/mol. The van der Waals surface area contributed by atoms with Crippen LogP contribution in [0.5, 0.6) is 11.5 Å². The molecule has 2 unspecified atom stereocenters. The summed E-state index contributed by atoms with van der Waals surface area (Å²) in [4.78, 5) is 2.37. The molecule has 0 aromatic heterocycles. The smallest absolute Gasteiger partial charge is 0.124 e. The molecule has 0 saturated carbocycles. The molecule has 1 aromatic carbocycles. The number of methoxy groups -OCH3 is 1. The molecule has 0 aliphatic carbocycles. The number of morpholine rings is 1. The maximum atomic E-state index is 6.05. The van der Waals surface area contributed by atoms with Gasteiger partial charge in [0.05, 0.1) is 26.4 Å². The van der Waals surface area contributed by atoms with E-state index in [1.54, 1.807) is 7.11 Å². The molecule has 2 atom stereocenters. The van der Waals surface area contributed by atoms with Gasteiger partial charge in [0.1, 0.15) is 17.6 Å². The van der Waals surface area contributed by atoms with Crippen LogP contribution in [0, 0.1) is 0 Å². The minimum Gasteiger partial charge on any atom is -0.496 e. The Balaban J connectivity index is 1.93. The molecule has 1 aromatic rings. The maximum absolute atomic E-state index is 6.05. The van der Waals surface area contributed by atoms with Gasteiger partial charge in [-0.25, -0.2) is 0 Å². The Bertz CT molecular complexity index is 501. The fourth-order valence-corrected chi connectivity index (χ4v) is 3.25. The molecular formula is C16H24N2O3. The zero-order chi connectivity index (χ0) is 14.8. The second kappa shape index (κ2) is 6.22. The highest BCUT2D eigenvalue weighted by molar-refractivity contribution is 5.50. The first kappa shape index (κ1) is 14.6. The molecule has 116 valence electrons. The highest BCUT2D eigenvalue weighted by Crippen LogP contribution is 2.39. The van der Waals surface area contributed by atoms with Crippen LogP contribution in [0.15, 0.2) is 12.1 Å². The summed E-state index contributed by atoms with van der Waals surface area (Å²) in [5, 5.41) is 0. The molecule has 2 aliphatic heterocycles. The van der Waals surface area contributed by atoms with Gasteiger partial charge < -0.3 is 19.9 Å². The van der Waals surface area contributed by atoms with E-state index < -0.39 is 0 Å². The number of hydrogen-bond acceptors (Lipinski definition) is 5. The molecule has 1 fully saturated rings. The van der Waals surface area contributed by atoms with Crippen LogP contribution in [-0.4, -0.2) is 51.0 Å². The second-order valence-corrected chi connectivity index (χ2v) is 5.73. The number of nitrogens with zero attached hydrogens (tertiary/aromatic N) is 1. The van der Waals surface area contributed by atoms with Gasteiger partial charge >= 0.3 is 0 Å². The summed E-state index contributed by atoms with van der Waals surface area (Å²) in [5.74, 6) is 1.89. The van der Waals surface area contributed by atoms with Gasteiger partial charge in [0.2, 0.25) is 0 Å². The van der Waals surface area contributed by atoms with Crippen molar-refractivity contribution in [1.82, 2.24) is 4.90 Å². The minimum atomic E-state index is 0.147. The van der Waals surface area contributed by atoms with Crippen molar-refractivity contribution in [2.24, 2.45) is 5.73 Å². The normalized spacial score (nSPS) is 23.5. The maximum Gasteiger partial charge on any atom is 0.124 e. The predicted octanol–water partition coefficient (Wildman–Crippen LogP) is 1.35. The highest BCUT2D eigenvalue weighted by atomic mass is 16.5. The first-order valence-corrected chi connectivity index (χ1v) is 7.62. The van der Waals surface area contributed by atoms with Crippen molar-refractivity contribution in [3.05, 3.63) is 23.3 Å². The van der Waals surface area contributed by atoms with E-state index in [9.17, 15) is 0 Å². The van der Waals surface area contributed by atoms with Crippen molar-refractivity contribution in [3.63, 3.8) is 0 Å². The van der Waals surface area contributed by atoms with Crippen LogP contribution in [0.25, 0.3) is 0 Å². The Morgan fingerprint density at radius 3 is 2.81 bits per heavy atom. The van der Waals surface area contributed by atoms with Crippen molar-refractivity contribution >= 4 is 0 Å². The van der Waals surface area contributed by atoms with E-state index in [2.05, 4.69) is 24.0 Å². The zero-order valence-electron chi connectivity index (χ0n) is 12.8. The van der Waals surface area contributed by atoms with E-state index in [1.807, 2.05) is 0 Å². The van der Waals surface area contributed by atoms with Crippen LogP contribution in [-0.2, 0) is 11.2 Å². The van der Waals surface area contributed by atoms with Gasteiger partial charge in [-0.3, -0.25) is 4.90 Å². The Hall–Kier alpha value is -1.30. The molecule has 0 bridgehead atoms. The SMILES string of the molecule is COc1cc2c(cc1C(CN)N1CCOCC1)OC(C)C2. The van der Waals surface area contributed by atoms with Crippen LogP contribution < -0.4 is 15.2 Å². The van der Waals surface area contributed by atoms with Crippen molar-refractivity contribution in [3.8, 4) is 11.5 Å². The van der Waals surface area contributed by atoms with E-state index in [1.165, 1.54) is 5.56 Å². The predicted molar refractivity (Wildman–Crippen MR) is 81.0 cm³/mol. The van der Waals surface area contributed by atoms with E-state index in [0.29, 0.717) is 6.54 Å². The van der Waals surface area contributed by atoms with Crippen LogP contribution in [0.4, 0.5) is 0 Å². The highest BCUT2D eigenvalue weighted by Gasteiger charge is 2.28. The lowest BCUT2D eigenvalue weighted by molar-refractivity contribution is 0.0174. The van der Waals surface area contributed by atoms with Gasteiger partial charge in [0.25, 0.3) is 0 Å². The Morgan fingerprint density at radius 1 is 1.38 bits per heavy atom. The third kappa shape index (κ3) is 2.86. The Labute approximate surface area is 126 Å². The largest absolute Gasteiger partial charge is 0.496 e. The minimum absolute atomic E-state index is 0.147. The number of ether oxygens (including phenoxy) is 3. The van der Waals surface area contributed by atoms with Crippen LogP contribution >= 0.6 is 0 Å². The molecule has 0 spiro atoms. The molecular weight excluding hydrogens is 268 g/mol. The number of rotatable bonds is 4. The molecule has 5 heteroatoms. The Morgan fingerprint density at radius 2 is 2.14 bits per heavy atom. The van der Waals surface area contributed by atoms with E-state index in [0.717, 1.165) is 49.8 Å². The van der Waals surface area contributed by atoms with Crippen molar-refractivity contribution < 1.29 is 14.2 Å². The average molecular weight is 292 g/mol. The van der Waals surface area contributed by atoms with Crippen molar-refractivity contribution in [2.75, 3.05) is 40.0 Å². The summed E-state index contributed by atoms with van der Waals surface area (Å²) in [7, 11) is 1.72. The lowest BCUT2D eigenvalue weighted by Gasteiger charge is -2.34. The quantitative estimate of drug-likeness (QED) is 0.908. The molecule has 2 heterocycles. The molecule has 2 N–H and O–H groups in total. The van der Waals surface area contributed by atoms with Gasteiger partial charge in [-0.05, 0) is 19.1 Å². The third-order valence-corrected chi connectivity index (χ3v) is 4.32. The molecule has 5 nitrogen and oxygen atoms in total. The summed E-state index contributed by atoms with van der Waals surface area (Å²) in [6.07, 6.45) is 1.18. The summed E-state index contributed by atoms with van der Waals surface area (Å²) < 4.78 is 16.9. The molecule has 0 radical (unpaired) electrons. The van der Waals surface area contributed by atoms with Crippen LogP contribution in [0.2, 0.25) is 0 Å². The average Bonchev–Trinajstić information content (AvgIpc) is 2.87. The fraction of sp³-hybridized carbons (Fsp3) is 0.625. The number of fused-ring (bicyclic) bond motifs is 1. The van der Waals surface area contributed by atoms with Crippen molar-refractivity contribution in [2.45, 2.75) is 25.5 Å². The molecule has 21 heavy (non-hydrogen) atoms. The lowest BCUT2D eigenvalue weighted by atomic mass is 9.99.